The Morgan fingerprint density at radius 2 is 1.33 bits per heavy atom. The van der Waals surface area contributed by atoms with Gasteiger partial charge in [0.2, 0.25) is 5.89 Å². The highest BCUT2D eigenvalue weighted by Gasteiger charge is 2.36. The summed E-state index contributed by atoms with van der Waals surface area (Å²) in [5, 5.41) is 2.27. The quantitative estimate of drug-likeness (QED) is 0.218. The Bertz CT molecular complexity index is 2370. The van der Waals surface area contributed by atoms with Gasteiger partial charge in [-0.05, 0) is 64.7 Å². The third-order valence-corrected chi connectivity index (χ3v) is 8.90. The minimum absolute atomic E-state index is 0.110. The third-order valence-electron chi connectivity index (χ3n) is 8.90. The molecule has 0 spiro atoms. The maximum absolute atomic E-state index is 6.34. The molecule has 0 unspecified atom stereocenters. The molecule has 3 aromatic heterocycles. The molecule has 3 heterocycles. The van der Waals surface area contributed by atoms with Crippen molar-refractivity contribution in [2.45, 2.75) is 19.3 Å². The topological polar surface area (TPSA) is 56.7 Å². The summed E-state index contributed by atoms with van der Waals surface area (Å²) in [6, 6.07) is 39.9. The van der Waals surface area contributed by atoms with Crippen LogP contribution in [-0.4, -0.2) is 19.5 Å². The van der Waals surface area contributed by atoms with Crippen LogP contribution in [0.1, 0.15) is 25.0 Å². The number of fused-ring (bicyclic) bond motifs is 7. The molecule has 8 aromatic rings. The molecule has 204 valence electrons. The molecule has 0 N–H and O–H groups in total. The van der Waals surface area contributed by atoms with Crippen molar-refractivity contribution >= 4 is 32.9 Å². The average Bonchev–Trinajstić information content (AvgIpc) is 3.68. The van der Waals surface area contributed by atoms with E-state index in [-0.39, 0.29) is 5.41 Å². The van der Waals surface area contributed by atoms with Crippen molar-refractivity contribution in [3.63, 3.8) is 0 Å². The second-order valence-electron chi connectivity index (χ2n) is 11.7. The highest BCUT2D eigenvalue weighted by Crippen LogP contribution is 2.51. The molecule has 9 rings (SSSR count). The lowest BCUT2D eigenvalue weighted by atomic mass is 9.82. The molecule has 1 aliphatic rings. The van der Waals surface area contributed by atoms with Crippen LogP contribution in [0.25, 0.3) is 72.7 Å². The zero-order valence-corrected chi connectivity index (χ0v) is 23.7. The Kier molecular flexibility index (Phi) is 4.89. The maximum atomic E-state index is 6.34. The van der Waals surface area contributed by atoms with E-state index in [4.69, 9.17) is 14.4 Å². The van der Waals surface area contributed by atoms with E-state index in [0.29, 0.717) is 11.7 Å². The summed E-state index contributed by atoms with van der Waals surface area (Å²) in [5.41, 5.74) is 10.8. The van der Waals surface area contributed by atoms with Crippen molar-refractivity contribution in [3.05, 3.63) is 133 Å². The predicted octanol–water partition coefficient (Wildman–Crippen LogP) is 9.36. The molecule has 5 heteroatoms. The van der Waals surface area contributed by atoms with E-state index in [9.17, 15) is 0 Å². The molecule has 5 aromatic carbocycles. The van der Waals surface area contributed by atoms with Crippen LogP contribution < -0.4 is 0 Å². The highest BCUT2D eigenvalue weighted by atomic mass is 16.3. The van der Waals surface area contributed by atoms with Gasteiger partial charge in [0.1, 0.15) is 11.3 Å². The van der Waals surface area contributed by atoms with Crippen molar-refractivity contribution in [2.75, 3.05) is 0 Å². The summed E-state index contributed by atoms with van der Waals surface area (Å²) in [6.07, 6.45) is 1.84. The summed E-state index contributed by atoms with van der Waals surface area (Å²) in [5.74, 6) is 2.12. The molecule has 0 radical (unpaired) electrons. The number of aromatic nitrogens is 4. The Morgan fingerprint density at radius 3 is 2.14 bits per heavy atom. The monoisotopic (exact) mass is 554 g/mol. The standard InChI is InChI=1S/C38H26N4O/c1-38(2)29-16-10-9-15-25(29)26-20-32-27(19-30(26)38)28-21-34-31(40-37(43-34)24-13-7-4-8-14-24)22-33(28)42(32)35-17-18-39-36(41-35)23-11-5-3-6-12-23/h3-22H,1-2H3. The van der Waals surface area contributed by atoms with Gasteiger partial charge < -0.3 is 4.42 Å². The first-order valence-electron chi connectivity index (χ1n) is 14.5. The van der Waals surface area contributed by atoms with Gasteiger partial charge in [0.25, 0.3) is 0 Å². The second kappa shape index (κ2) is 8.73. The van der Waals surface area contributed by atoms with Crippen LogP contribution in [0.5, 0.6) is 0 Å². The van der Waals surface area contributed by atoms with Crippen LogP contribution in [-0.2, 0) is 5.41 Å². The summed E-state index contributed by atoms with van der Waals surface area (Å²) in [7, 11) is 0. The lowest BCUT2D eigenvalue weighted by Crippen LogP contribution is -2.14. The van der Waals surface area contributed by atoms with Crippen LogP contribution in [0.15, 0.2) is 126 Å². The highest BCUT2D eigenvalue weighted by molar-refractivity contribution is 6.14. The molecular formula is C38H26N4O. The number of oxazole rings is 1. The van der Waals surface area contributed by atoms with Gasteiger partial charge in [-0.1, -0.05) is 86.6 Å². The summed E-state index contributed by atoms with van der Waals surface area (Å²) in [6.45, 7) is 4.64. The molecule has 43 heavy (non-hydrogen) atoms. The zero-order valence-electron chi connectivity index (χ0n) is 23.7. The first kappa shape index (κ1) is 24.1. The van der Waals surface area contributed by atoms with Gasteiger partial charge in [-0.25, -0.2) is 15.0 Å². The minimum atomic E-state index is -0.110. The van der Waals surface area contributed by atoms with E-state index >= 15 is 0 Å². The molecule has 0 saturated heterocycles. The predicted molar refractivity (Wildman–Crippen MR) is 172 cm³/mol. The SMILES string of the molecule is CC1(C)c2ccccc2-c2cc3c(cc21)c1cc2oc(-c4ccccc4)nc2cc1n3-c1ccnc(-c2ccccc2)n1. The number of hydrogen-bond acceptors (Lipinski definition) is 4. The van der Waals surface area contributed by atoms with E-state index in [1.54, 1.807) is 0 Å². The van der Waals surface area contributed by atoms with Crippen molar-refractivity contribution < 1.29 is 4.42 Å². The number of nitrogens with zero attached hydrogens (tertiary/aromatic N) is 4. The molecule has 0 aliphatic heterocycles. The molecule has 0 atom stereocenters. The molecule has 0 saturated carbocycles. The zero-order chi connectivity index (χ0) is 28.7. The Balaban J connectivity index is 1.37. The van der Waals surface area contributed by atoms with Crippen LogP contribution in [0, 0.1) is 0 Å². The maximum Gasteiger partial charge on any atom is 0.227 e. The Morgan fingerprint density at radius 1 is 0.628 bits per heavy atom. The molecule has 1 aliphatic carbocycles. The fraction of sp³-hybridized carbons (Fsp3) is 0.0789. The van der Waals surface area contributed by atoms with Gasteiger partial charge in [0, 0.05) is 33.5 Å². The van der Waals surface area contributed by atoms with E-state index in [1.165, 1.54) is 22.3 Å². The van der Waals surface area contributed by atoms with Crippen molar-refractivity contribution in [1.82, 2.24) is 19.5 Å². The van der Waals surface area contributed by atoms with Crippen LogP contribution >= 0.6 is 0 Å². The lowest BCUT2D eigenvalue weighted by molar-refractivity contribution is 0.620. The molecule has 0 amide bonds. The number of rotatable bonds is 3. The van der Waals surface area contributed by atoms with Gasteiger partial charge in [0.15, 0.2) is 11.4 Å². The van der Waals surface area contributed by atoms with Crippen LogP contribution in [0.3, 0.4) is 0 Å². The first-order valence-corrected chi connectivity index (χ1v) is 14.5. The molecule has 5 nitrogen and oxygen atoms in total. The summed E-state index contributed by atoms with van der Waals surface area (Å²) >= 11 is 0. The number of benzene rings is 5. The molecule has 0 bridgehead atoms. The fourth-order valence-corrected chi connectivity index (χ4v) is 6.78. The second-order valence-corrected chi connectivity index (χ2v) is 11.7. The van der Waals surface area contributed by atoms with E-state index in [2.05, 4.69) is 71.9 Å². The van der Waals surface area contributed by atoms with E-state index in [1.807, 2.05) is 72.9 Å². The van der Waals surface area contributed by atoms with E-state index < -0.39 is 0 Å². The fourth-order valence-electron chi connectivity index (χ4n) is 6.78. The number of hydrogen-bond donors (Lipinski definition) is 0. The van der Waals surface area contributed by atoms with Crippen LogP contribution in [0.4, 0.5) is 0 Å². The minimum Gasteiger partial charge on any atom is -0.436 e. The van der Waals surface area contributed by atoms with Gasteiger partial charge in [-0.15, -0.1) is 0 Å². The smallest absolute Gasteiger partial charge is 0.227 e. The lowest BCUT2D eigenvalue weighted by Gasteiger charge is -2.21. The van der Waals surface area contributed by atoms with Gasteiger partial charge in [-0.3, -0.25) is 4.57 Å². The van der Waals surface area contributed by atoms with Gasteiger partial charge in [0.05, 0.1) is 11.0 Å². The first-order chi connectivity index (χ1) is 21.1. The van der Waals surface area contributed by atoms with E-state index in [0.717, 1.165) is 49.9 Å². The summed E-state index contributed by atoms with van der Waals surface area (Å²) in [4.78, 5) is 14.6. The molecule has 0 fully saturated rings. The van der Waals surface area contributed by atoms with Crippen LogP contribution in [0.2, 0.25) is 0 Å². The Hall–Kier alpha value is -5.55. The van der Waals surface area contributed by atoms with Gasteiger partial charge >= 0.3 is 0 Å². The summed E-state index contributed by atoms with van der Waals surface area (Å²) < 4.78 is 8.59. The van der Waals surface area contributed by atoms with Gasteiger partial charge in [-0.2, -0.15) is 0 Å². The third kappa shape index (κ3) is 3.48. The van der Waals surface area contributed by atoms with Crippen molar-refractivity contribution in [2.24, 2.45) is 0 Å². The molecular weight excluding hydrogens is 528 g/mol. The normalized spacial score (nSPS) is 13.5. The average molecular weight is 555 g/mol. The van der Waals surface area contributed by atoms with Crippen molar-refractivity contribution in [1.29, 1.82) is 0 Å². The van der Waals surface area contributed by atoms with Crippen molar-refractivity contribution in [3.8, 4) is 39.8 Å². The Labute approximate surface area is 248 Å². The largest absolute Gasteiger partial charge is 0.436 e.